The lowest BCUT2D eigenvalue weighted by Gasteiger charge is -2.17. The van der Waals surface area contributed by atoms with Crippen molar-refractivity contribution in [3.8, 4) is 0 Å². The second-order valence-electron chi connectivity index (χ2n) is 4.78. The lowest BCUT2D eigenvalue weighted by atomic mass is 10.00. The van der Waals surface area contributed by atoms with E-state index in [1.54, 1.807) is 6.20 Å². The molecule has 3 N–H and O–H groups in total. The summed E-state index contributed by atoms with van der Waals surface area (Å²) >= 11 is 0. The molecule has 19 heavy (non-hydrogen) atoms. The van der Waals surface area contributed by atoms with Gasteiger partial charge in [-0.2, -0.15) is 0 Å². The smallest absolute Gasteiger partial charge is 0.241 e. The monoisotopic (exact) mass is 267 g/mol. The summed E-state index contributed by atoms with van der Waals surface area (Å²) in [4.78, 5) is 11.8. The molecule has 106 valence electrons. The molecule has 0 aliphatic carbocycles. The average molecular weight is 267 g/mol. The largest absolute Gasteiger partial charge is 0.378 e. The van der Waals surface area contributed by atoms with Gasteiger partial charge in [0.15, 0.2) is 0 Å². The summed E-state index contributed by atoms with van der Waals surface area (Å²) in [6.07, 6.45) is 3.96. The normalized spacial score (nSPS) is 22.6. The van der Waals surface area contributed by atoms with Gasteiger partial charge < -0.3 is 15.8 Å². The Morgan fingerprint density at radius 2 is 2.53 bits per heavy atom. The molecule has 1 aliphatic rings. The summed E-state index contributed by atoms with van der Waals surface area (Å²) in [5.74, 6) is 0.361. The highest BCUT2D eigenvalue weighted by molar-refractivity contribution is 5.75. The fourth-order valence-electron chi connectivity index (χ4n) is 2.33. The number of aromatic nitrogens is 3. The van der Waals surface area contributed by atoms with E-state index in [0.717, 1.165) is 19.4 Å². The molecule has 2 unspecified atom stereocenters. The molecule has 1 amide bonds. The molecule has 2 heterocycles. The van der Waals surface area contributed by atoms with Gasteiger partial charge in [0, 0.05) is 25.6 Å². The van der Waals surface area contributed by atoms with E-state index in [9.17, 15) is 4.79 Å². The van der Waals surface area contributed by atoms with Crippen LogP contribution in [0.25, 0.3) is 0 Å². The van der Waals surface area contributed by atoms with Crippen LogP contribution < -0.4 is 11.1 Å². The molecule has 2 rings (SSSR count). The van der Waals surface area contributed by atoms with Gasteiger partial charge in [-0.1, -0.05) is 12.1 Å². The van der Waals surface area contributed by atoms with Crippen LogP contribution in [0.15, 0.2) is 6.20 Å². The standard InChI is InChI=1S/C12H21N5O2/c1-2-11-9(3-4-19-11)6-14-12(18)8-17-7-10(5-13)15-16-17/h7,9,11H,2-6,8,13H2,1H3,(H,14,18). The number of hydrogen-bond acceptors (Lipinski definition) is 5. The zero-order valence-corrected chi connectivity index (χ0v) is 11.2. The Morgan fingerprint density at radius 1 is 1.68 bits per heavy atom. The Morgan fingerprint density at radius 3 is 3.21 bits per heavy atom. The summed E-state index contributed by atoms with van der Waals surface area (Å²) in [6.45, 7) is 4.07. The van der Waals surface area contributed by atoms with Crippen molar-refractivity contribution in [1.29, 1.82) is 0 Å². The molecule has 1 saturated heterocycles. The van der Waals surface area contributed by atoms with Crippen LogP contribution in [0.3, 0.4) is 0 Å². The zero-order valence-electron chi connectivity index (χ0n) is 11.2. The van der Waals surface area contributed by atoms with Crippen LogP contribution in [0.2, 0.25) is 0 Å². The van der Waals surface area contributed by atoms with Crippen LogP contribution in [0.5, 0.6) is 0 Å². The SMILES string of the molecule is CCC1OCCC1CNC(=O)Cn1cc(CN)nn1. The predicted molar refractivity (Wildman–Crippen MR) is 69.1 cm³/mol. The van der Waals surface area contributed by atoms with Gasteiger partial charge in [-0.15, -0.1) is 5.10 Å². The minimum Gasteiger partial charge on any atom is -0.378 e. The lowest BCUT2D eigenvalue weighted by molar-refractivity contribution is -0.122. The Labute approximate surface area is 112 Å². The number of nitrogens with zero attached hydrogens (tertiary/aromatic N) is 3. The number of nitrogens with one attached hydrogen (secondary N) is 1. The molecule has 7 heteroatoms. The fraction of sp³-hybridized carbons (Fsp3) is 0.750. The highest BCUT2D eigenvalue weighted by Crippen LogP contribution is 2.22. The quantitative estimate of drug-likeness (QED) is 0.735. The van der Waals surface area contributed by atoms with Crippen molar-refractivity contribution in [1.82, 2.24) is 20.3 Å². The summed E-state index contributed by atoms with van der Waals surface area (Å²) in [7, 11) is 0. The van der Waals surface area contributed by atoms with Crippen LogP contribution in [0, 0.1) is 5.92 Å². The molecular formula is C12H21N5O2. The minimum absolute atomic E-state index is 0.0600. The van der Waals surface area contributed by atoms with E-state index in [-0.39, 0.29) is 18.6 Å². The molecule has 1 aromatic heterocycles. The summed E-state index contributed by atoms with van der Waals surface area (Å²) in [5, 5.41) is 10.6. The Kier molecular flexibility index (Phi) is 4.86. The first kappa shape index (κ1) is 14.0. The molecular weight excluding hydrogens is 246 g/mol. The van der Waals surface area contributed by atoms with E-state index in [0.29, 0.717) is 24.7 Å². The molecule has 7 nitrogen and oxygen atoms in total. The van der Waals surface area contributed by atoms with Crippen molar-refractivity contribution in [2.45, 2.75) is 39.0 Å². The van der Waals surface area contributed by atoms with Crippen molar-refractivity contribution in [3.63, 3.8) is 0 Å². The van der Waals surface area contributed by atoms with Crippen molar-refractivity contribution >= 4 is 5.91 Å². The zero-order chi connectivity index (χ0) is 13.7. The first-order chi connectivity index (χ1) is 9.22. The third kappa shape index (κ3) is 3.74. The summed E-state index contributed by atoms with van der Waals surface area (Å²) in [6, 6.07) is 0. The number of nitrogens with two attached hydrogens (primary N) is 1. The first-order valence-corrected chi connectivity index (χ1v) is 6.70. The highest BCUT2D eigenvalue weighted by Gasteiger charge is 2.26. The molecule has 0 spiro atoms. The molecule has 2 atom stereocenters. The molecule has 1 aromatic rings. The van der Waals surface area contributed by atoms with Crippen molar-refractivity contribution < 1.29 is 9.53 Å². The lowest BCUT2D eigenvalue weighted by Crippen LogP contribution is -2.34. The van der Waals surface area contributed by atoms with Crippen LogP contribution in [-0.4, -0.2) is 40.2 Å². The van der Waals surface area contributed by atoms with Gasteiger partial charge in [-0.25, -0.2) is 4.68 Å². The Hall–Kier alpha value is -1.47. The fourth-order valence-corrected chi connectivity index (χ4v) is 2.33. The van der Waals surface area contributed by atoms with Crippen LogP contribution in [0.4, 0.5) is 0 Å². The highest BCUT2D eigenvalue weighted by atomic mass is 16.5. The maximum atomic E-state index is 11.8. The molecule has 0 bridgehead atoms. The third-order valence-corrected chi connectivity index (χ3v) is 3.41. The first-order valence-electron chi connectivity index (χ1n) is 6.70. The van der Waals surface area contributed by atoms with E-state index in [4.69, 9.17) is 10.5 Å². The van der Waals surface area contributed by atoms with Crippen LogP contribution in [0.1, 0.15) is 25.5 Å². The molecule has 0 aromatic carbocycles. The number of ether oxygens (including phenoxy) is 1. The van der Waals surface area contributed by atoms with Gasteiger partial charge in [0.2, 0.25) is 5.91 Å². The minimum atomic E-state index is -0.0600. The van der Waals surface area contributed by atoms with Crippen molar-refractivity contribution in [2.75, 3.05) is 13.2 Å². The molecule has 1 fully saturated rings. The number of hydrogen-bond donors (Lipinski definition) is 2. The third-order valence-electron chi connectivity index (χ3n) is 3.41. The van der Waals surface area contributed by atoms with E-state index >= 15 is 0 Å². The number of carbonyl (C=O) groups is 1. The second kappa shape index (κ2) is 6.63. The van der Waals surface area contributed by atoms with Gasteiger partial charge in [0.25, 0.3) is 0 Å². The summed E-state index contributed by atoms with van der Waals surface area (Å²) in [5.41, 5.74) is 6.12. The summed E-state index contributed by atoms with van der Waals surface area (Å²) < 4.78 is 7.09. The topological polar surface area (TPSA) is 95.1 Å². The number of rotatable bonds is 6. The molecule has 0 radical (unpaired) electrons. The van der Waals surface area contributed by atoms with Crippen LogP contribution >= 0.6 is 0 Å². The van der Waals surface area contributed by atoms with Gasteiger partial charge in [0.05, 0.1) is 18.0 Å². The van der Waals surface area contributed by atoms with E-state index in [1.165, 1.54) is 4.68 Å². The van der Waals surface area contributed by atoms with E-state index in [2.05, 4.69) is 22.6 Å². The Bertz CT molecular complexity index is 420. The van der Waals surface area contributed by atoms with E-state index < -0.39 is 0 Å². The van der Waals surface area contributed by atoms with Gasteiger partial charge in [0.1, 0.15) is 6.54 Å². The number of carbonyl (C=O) groups excluding carboxylic acids is 1. The number of amides is 1. The van der Waals surface area contributed by atoms with Gasteiger partial charge in [-0.3, -0.25) is 4.79 Å². The average Bonchev–Trinajstić information content (AvgIpc) is 3.04. The second-order valence-corrected chi connectivity index (χ2v) is 4.78. The maximum Gasteiger partial charge on any atom is 0.241 e. The molecule has 0 saturated carbocycles. The van der Waals surface area contributed by atoms with Crippen molar-refractivity contribution in [3.05, 3.63) is 11.9 Å². The van der Waals surface area contributed by atoms with Crippen molar-refractivity contribution in [2.24, 2.45) is 11.7 Å². The van der Waals surface area contributed by atoms with Crippen LogP contribution in [-0.2, 0) is 22.6 Å². The van der Waals surface area contributed by atoms with Gasteiger partial charge in [-0.05, 0) is 12.8 Å². The predicted octanol–water partition coefficient (Wildman–Crippen LogP) is -0.332. The van der Waals surface area contributed by atoms with E-state index in [1.807, 2.05) is 0 Å². The Balaban J connectivity index is 1.75. The molecule has 1 aliphatic heterocycles. The van der Waals surface area contributed by atoms with Gasteiger partial charge >= 0.3 is 0 Å². The maximum absolute atomic E-state index is 11.8.